The molecule has 1 atom stereocenters. The number of H-pyrrole nitrogens is 1. The van der Waals surface area contributed by atoms with Gasteiger partial charge in [0, 0.05) is 12.1 Å². The van der Waals surface area contributed by atoms with Crippen molar-refractivity contribution in [3.05, 3.63) is 53.8 Å². The molecule has 130 valence electrons. The van der Waals surface area contributed by atoms with Gasteiger partial charge in [0.25, 0.3) is 0 Å². The molecular weight excluding hydrogens is 318 g/mol. The number of nitrogens with one attached hydrogen (secondary N) is 1. The number of piperidine rings is 1. The van der Waals surface area contributed by atoms with E-state index in [-0.39, 0.29) is 0 Å². The quantitative estimate of drug-likeness (QED) is 0.757. The summed E-state index contributed by atoms with van der Waals surface area (Å²) in [4.78, 5) is 6.54. The summed E-state index contributed by atoms with van der Waals surface area (Å²) in [5.74, 6) is 1.42. The van der Waals surface area contributed by atoms with Crippen molar-refractivity contribution in [2.24, 2.45) is 0 Å². The second-order valence-corrected chi connectivity index (χ2v) is 6.69. The van der Waals surface area contributed by atoms with E-state index in [0.29, 0.717) is 31.1 Å². The first kappa shape index (κ1) is 16.0. The number of benzene rings is 1. The van der Waals surface area contributed by atoms with Crippen molar-refractivity contribution in [3.63, 3.8) is 0 Å². The molecule has 2 N–H and O–H groups in total. The van der Waals surface area contributed by atoms with Gasteiger partial charge in [-0.1, -0.05) is 29.8 Å². The van der Waals surface area contributed by atoms with Crippen LogP contribution in [0, 0.1) is 6.92 Å². The van der Waals surface area contributed by atoms with Gasteiger partial charge in [0.05, 0.1) is 18.9 Å². The molecule has 4 rings (SSSR count). The molecule has 0 aliphatic carbocycles. The predicted octanol–water partition coefficient (Wildman–Crippen LogP) is 2.25. The highest BCUT2D eigenvalue weighted by Crippen LogP contribution is 2.30. The average molecular weight is 339 g/mol. The van der Waals surface area contributed by atoms with Crippen LogP contribution in [0.1, 0.15) is 30.0 Å². The van der Waals surface area contributed by atoms with E-state index < -0.39 is 5.60 Å². The molecule has 3 heterocycles. The van der Waals surface area contributed by atoms with Gasteiger partial charge in [-0.15, -0.1) is 0 Å². The third-order valence-electron chi connectivity index (χ3n) is 4.69. The second kappa shape index (κ2) is 6.42. The molecule has 1 aromatic carbocycles. The first-order valence-corrected chi connectivity index (χ1v) is 8.45. The van der Waals surface area contributed by atoms with E-state index in [4.69, 9.17) is 4.42 Å². The van der Waals surface area contributed by atoms with Crippen LogP contribution in [-0.4, -0.2) is 43.5 Å². The first-order valence-electron chi connectivity index (χ1n) is 8.45. The van der Waals surface area contributed by atoms with Crippen LogP contribution in [0.4, 0.5) is 0 Å². The lowest BCUT2D eigenvalue weighted by Gasteiger charge is -2.37. The molecule has 0 bridgehead atoms. The van der Waals surface area contributed by atoms with Crippen molar-refractivity contribution in [2.45, 2.75) is 31.9 Å². The number of oxazole rings is 1. The van der Waals surface area contributed by atoms with Gasteiger partial charge in [-0.2, -0.15) is 15.4 Å². The number of aryl methyl sites for hydroxylation is 1. The third-order valence-corrected chi connectivity index (χ3v) is 4.69. The highest BCUT2D eigenvalue weighted by Gasteiger charge is 2.37. The summed E-state index contributed by atoms with van der Waals surface area (Å²) in [7, 11) is 0. The Kier molecular flexibility index (Phi) is 4.10. The van der Waals surface area contributed by atoms with Gasteiger partial charge in [0.2, 0.25) is 5.89 Å². The van der Waals surface area contributed by atoms with Gasteiger partial charge in [0.1, 0.15) is 11.3 Å². The van der Waals surface area contributed by atoms with Crippen LogP contribution in [-0.2, 0) is 12.1 Å². The van der Waals surface area contributed by atoms with Crippen LogP contribution in [0.2, 0.25) is 0 Å². The standard InChI is InChI=1S/C18H21N5O2/c1-13-3-5-14(6-4-13)15-9-19-17(25-15)11-23-8-2-7-18(24,12-23)16-10-20-22-21-16/h3-6,9-10,24H,2,7-8,11-12H2,1H3,(H,20,21,22)/t18-/m1/s1. The van der Waals surface area contributed by atoms with E-state index in [1.165, 1.54) is 5.56 Å². The third kappa shape index (κ3) is 3.33. The number of aromatic nitrogens is 4. The predicted molar refractivity (Wildman–Crippen MR) is 91.5 cm³/mol. The van der Waals surface area contributed by atoms with E-state index in [0.717, 1.165) is 24.3 Å². The summed E-state index contributed by atoms with van der Waals surface area (Å²) in [6, 6.07) is 8.17. The summed E-state index contributed by atoms with van der Waals surface area (Å²) >= 11 is 0. The minimum absolute atomic E-state index is 0.488. The zero-order valence-electron chi connectivity index (χ0n) is 14.1. The maximum absolute atomic E-state index is 10.9. The first-order chi connectivity index (χ1) is 12.1. The number of nitrogens with zero attached hydrogens (tertiary/aromatic N) is 4. The molecule has 1 fully saturated rings. The fraction of sp³-hybridized carbons (Fsp3) is 0.389. The summed E-state index contributed by atoms with van der Waals surface area (Å²) in [6.07, 6.45) is 4.91. The molecule has 1 aliphatic heterocycles. The van der Waals surface area contributed by atoms with E-state index in [2.05, 4.69) is 44.4 Å². The van der Waals surface area contributed by atoms with Crippen LogP contribution >= 0.6 is 0 Å². The van der Waals surface area contributed by atoms with Crippen molar-refractivity contribution in [2.75, 3.05) is 13.1 Å². The van der Waals surface area contributed by atoms with Gasteiger partial charge < -0.3 is 9.52 Å². The number of hydrogen-bond acceptors (Lipinski definition) is 6. The van der Waals surface area contributed by atoms with Gasteiger partial charge in [-0.25, -0.2) is 4.98 Å². The Bertz CT molecular complexity index is 828. The number of hydrogen-bond donors (Lipinski definition) is 2. The maximum Gasteiger partial charge on any atom is 0.209 e. The van der Waals surface area contributed by atoms with Crippen LogP contribution in [0.25, 0.3) is 11.3 Å². The molecule has 0 unspecified atom stereocenters. The van der Waals surface area contributed by atoms with Gasteiger partial charge >= 0.3 is 0 Å². The zero-order chi connectivity index (χ0) is 17.3. The Balaban J connectivity index is 1.46. The lowest BCUT2D eigenvalue weighted by molar-refractivity contribution is -0.0432. The van der Waals surface area contributed by atoms with Crippen LogP contribution in [0.15, 0.2) is 41.1 Å². The Morgan fingerprint density at radius 3 is 2.88 bits per heavy atom. The highest BCUT2D eigenvalue weighted by molar-refractivity contribution is 5.56. The zero-order valence-corrected chi connectivity index (χ0v) is 14.1. The minimum Gasteiger partial charge on any atom is -0.439 e. The summed E-state index contributed by atoms with van der Waals surface area (Å²) in [5.41, 5.74) is 1.84. The van der Waals surface area contributed by atoms with Crippen LogP contribution in [0.3, 0.4) is 0 Å². The topological polar surface area (TPSA) is 91.1 Å². The summed E-state index contributed by atoms with van der Waals surface area (Å²) in [5, 5.41) is 21.3. The second-order valence-electron chi connectivity index (χ2n) is 6.69. The number of β-amino-alcohol motifs (C(OH)–C–C–N with tert-alkyl or cyclic N) is 1. The molecule has 1 aliphatic rings. The van der Waals surface area contributed by atoms with E-state index >= 15 is 0 Å². The molecule has 2 aromatic heterocycles. The molecular formula is C18H21N5O2. The van der Waals surface area contributed by atoms with Gasteiger partial charge in [-0.05, 0) is 26.3 Å². The molecule has 1 saturated heterocycles. The number of aliphatic hydroxyl groups is 1. The lowest BCUT2D eigenvalue weighted by Crippen LogP contribution is -2.45. The monoisotopic (exact) mass is 339 g/mol. The van der Waals surface area contributed by atoms with E-state index in [1.54, 1.807) is 12.4 Å². The van der Waals surface area contributed by atoms with Crippen molar-refractivity contribution >= 4 is 0 Å². The smallest absolute Gasteiger partial charge is 0.209 e. The lowest BCUT2D eigenvalue weighted by atomic mass is 9.90. The summed E-state index contributed by atoms with van der Waals surface area (Å²) < 4.78 is 5.90. The Morgan fingerprint density at radius 2 is 2.12 bits per heavy atom. The van der Waals surface area contributed by atoms with Gasteiger partial charge in [-0.3, -0.25) is 4.90 Å². The highest BCUT2D eigenvalue weighted by atomic mass is 16.4. The molecule has 0 amide bonds. The molecule has 0 saturated carbocycles. The fourth-order valence-corrected chi connectivity index (χ4v) is 3.32. The minimum atomic E-state index is -0.975. The average Bonchev–Trinajstić information content (AvgIpc) is 3.28. The fourth-order valence-electron chi connectivity index (χ4n) is 3.32. The maximum atomic E-state index is 10.9. The van der Waals surface area contributed by atoms with E-state index in [1.807, 2.05) is 12.1 Å². The van der Waals surface area contributed by atoms with Crippen molar-refractivity contribution in [1.82, 2.24) is 25.3 Å². The Morgan fingerprint density at radius 1 is 1.28 bits per heavy atom. The molecule has 25 heavy (non-hydrogen) atoms. The Hall–Kier alpha value is -2.51. The summed E-state index contributed by atoms with van der Waals surface area (Å²) in [6.45, 7) is 4.00. The normalized spacial score (nSPS) is 21.5. The molecule has 7 nitrogen and oxygen atoms in total. The van der Waals surface area contributed by atoms with Crippen molar-refractivity contribution in [3.8, 4) is 11.3 Å². The molecule has 0 spiro atoms. The number of likely N-dealkylation sites (tertiary alicyclic amines) is 1. The largest absolute Gasteiger partial charge is 0.439 e. The number of rotatable bonds is 4. The van der Waals surface area contributed by atoms with Crippen LogP contribution < -0.4 is 0 Å². The van der Waals surface area contributed by atoms with Crippen LogP contribution in [0.5, 0.6) is 0 Å². The molecule has 3 aromatic rings. The molecule has 7 heteroatoms. The SMILES string of the molecule is Cc1ccc(-c2cnc(CN3CCC[C@](O)(c4cn[nH]n4)C3)o2)cc1. The van der Waals surface area contributed by atoms with Gasteiger partial charge in [0.15, 0.2) is 5.76 Å². The molecule has 0 radical (unpaired) electrons. The van der Waals surface area contributed by atoms with E-state index in [9.17, 15) is 5.11 Å². The van der Waals surface area contributed by atoms with Crippen molar-refractivity contribution < 1.29 is 9.52 Å². The Labute approximate surface area is 145 Å². The number of aromatic amines is 1. The van der Waals surface area contributed by atoms with Crippen molar-refractivity contribution in [1.29, 1.82) is 0 Å².